The van der Waals surface area contributed by atoms with Crippen molar-refractivity contribution in [1.82, 2.24) is 4.90 Å². The zero-order valence-electron chi connectivity index (χ0n) is 22.2. The van der Waals surface area contributed by atoms with Gasteiger partial charge in [-0.15, -0.1) is 0 Å². The minimum absolute atomic E-state index is 0.279. The summed E-state index contributed by atoms with van der Waals surface area (Å²) in [6.45, 7) is 6.74. The van der Waals surface area contributed by atoms with Crippen LogP contribution in [0.5, 0.6) is 0 Å². The number of rotatable bonds is 6. The maximum absolute atomic E-state index is 13.8. The Labute approximate surface area is 219 Å². The van der Waals surface area contributed by atoms with Gasteiger partial charge in [-0.25, -0.2) is 9.79 Å². The second-order valence-electron chi connectivity index (χ2n) is 9.97. The first kappa shape index (κ1) is 26.1. The van der Waals surface area contributed by atoms with Crippen molar-refractivity contribution in [3.63, 3.8) is 0 Å². The molecule has 0 radical (unpaired) electrons. The Morgan fingerprint density at radius 2 is 1.81 bits per heavy atom. The summed E-state index contributed by atoms with van der Waals surface area (Å²) in [5.74, 6) is 0.133. The molecule has 7 nitrogen and oxygen atoms in total. The molecule has 192 valence electrons. The van der Waals surface area contributed by atoms with Crippen molar-refractivity contribution in [3.05, 3.63) is 94.5 Å². The third-order valence-corrected chi connectivity index (χ3v) is 6.58. The Hall–Kier alpha value is -3.97. The normalized spacial score (nSPS) is 15.2. The molecular formula is C30H35N5O2. The monoisotopic (exact) mass is 497 g/mol. The number of anilines is 2. The molecule has 1 aliphatic heterocycles. The van der Waals surface area contributed by atoms with E-state index in [4.69, 9.17) is 10.7 Å². The van der Waals surface area contributed by atoms with Gasteiger partial charge < -0.3 is 16.0 Å². The molecule has 37 heavy (non-hydrogen) atoms. The van der Waals surface area contributed by atoms with E-state index in [-0.39, 0.29) is 5.91 Å². The number of nitrogens with zero attached hydrogens (tertiary/aromatic N) is 3. The largest absolute Gasteiger partial charge is 0.326 e. The highest BCUT2D eigenvalue weighted by molar-refractivity contribution is 6.21. The number of benzodiazepines with no additional fused rings is 1. The minimum atomic E-state index is -1.04. The molecule has 7 heteroatoms. The van der Waals surface area contributed by atoms with Gasteiger partial charge in [0.1, 0.15) is 0 Å². The van der Waals surface area contributed by atoms with E-state index in [2.05, 4.69) is 25.2 Å². The van der Waals surface area contributed by atoms with Crippen molar-refractivity contribution in [2.24, 2.45) is 16.6 Å². The SMILES string of the molecule is Cc1cccc(NC(=O)N(C)[C@H]2N=C(c3ccc(CN)cc3)c3c(CC(C)C)cccc3N(C)C2=O)c1. The molecule has 0 aromatic heterocycles. The summed E-state index contributed by atoms with van der Waals surface area (Å²) in [4.78, 5) is 35.0. The number of nitrogens with two attached hydrogens (primary N) is 1. The predicted molar refractivity (Wildman–Crippen MR) is 150 cm³/mol. The van der Waals surface area contributed by atoms with E-state index in [1.165, 1.54) is 4.90 Å². The highest BCUT2D eigenvalue weighted by atomic mass is 16.2. The number of aryl methyl sites for hydroxylation is 1. The molecule has 3 amide bonds. The third kappa shape index (κ3) is 5.57. The fraction of sp³-hybridized carbons (Fsp3) is 0.300. The van der Waals surface area contributed by atoms with Crippen molar-refractivity contribution in [3.8, 4) is 0 Å². The summed E-state index contributed by atoms with van der Waals surface area (Å²) in [6.07, 6.45) is -0.210. The van der Waals surface area contributed by atoms with Gasteiger partial charge in [0.25, 0.3) is 5.91 Å². The fourth-order valence-electron chi connectivity index (χ4n) is 4.60. The maximum Gasteiger partial charge on any atom is 0.323 e. The maximum atomic E-state index is 13.8. The number of carbonyl (C=O) groups excluding carboxylic acids is 2. The molecule has 4 rings (SSSR count). The first-order valence-corrected chi connectivity index (χ1v) is 12.6. The number of carbonyl (C=O) groups is 2. The number of urea groups is 1. The minimum Gasteiger partial charge on any atom is -0.326 e. The number of aliphatic imine (C=N–C) groups is 1. The lowest BCUT2D eigenvalue weighted by atomic mass is 9.90. The van der Waals surface area contributed by atoms with E-state index in [1.807, 2.05) is 67.6 Å². The molecule has 3 aromatic carbocycles. The third-order valence-electron chi connectivity index (χ3n) is 6.58. The summed E-state index contributed by atoms with van der Waals surface area (Å²) in [5.41, 5.74) is 12.9. The molecular weight excluding hydrogens is 462 g/mol. The van der Waals surface area contributed by atoms with Gasteiger partial charge in [-0.2, -0.15) is 0 Å². The number of nitrogens with one attached hydrogen (secondary N) is 1. The van der Waals surface area contributed by atoms with Crippen LogP contribution in [0.4, 0.5) is 16.2 Å². The Bertz CT molecular complexity index is 1330. The lowest BCUT2D eigenvalue weighted by Gasteiger charge is -2.27. The zero-order chi connectivity index (χ0) is 26.7. The fourth-order valence-corrected chi connectivity index (χ4v) is 4.60. The van der Waals surface area contributed by atoms with Crippen molar-refractivity contribution in [1.29, 1.82) is 0 Å². The van der Waals surface area contributed by atoms with E-state index in [1.54, 1.807) is 19.0 Å². The Balaban J connectivity index is 1.83. The predicted octanol–water partition coefficient (Wildman–Crippen LogP) is 4.96. The van der Waals surface area contributed by atoms with Crippen LogP contribution in [0.3, 0.4) is 0 Å². The number of likely N-dealkylation sites (N-methyl/N-ethyl adjacent to an activating group) is 2. The van der Waals surface area contributed by atoms with E-state index in [9.17, 15) is 9.59 Å². The van der Waals surface area contributed by atoms with Crippen LogP contribution < -0.4 is 16.0 Å². The van der Waals surface area contributed by atoms with Crippen LogP contribution in [0, 0.1) is 12.8 Å². The van der Waals surface area contributed by atoms with Gasteiger partial charge in [0.05, 0.1) is 11.4 Å². The quantitative estimate of drug-likeness (QED) is 0.505. The summed E-state index contributed by atoms with van der Waals surface area (Å²) in [5, 5.41) is 2.90. The number of hydrogen-bond donors (Lipinski definition) is 2. The zero-order valence-corrected chi connectivity index (χ0v) is 22.2. The van der Waals surface area contributed by atoms with Crippen LogP contribution in [0.25, 0.3) is 0 Å². The van der Waals surface area contributed by atoms with Crippen molar-refractivity contribution >= 4 is 29.0 Å². The molecule has 0 saturated heterocycles. The molecule has 0 saturated carbocycles. The van der Waals surface area contributed by atoms with Crippen LogP contribution >= 0.6 is 0 Å². The molecule has 3 aromatic rings. The van der Waals surface area contributed by atoms with E-state index in [0.29, 0.717) is 23.9 Å². The van der Waals surface area contributed by atoms with Gasteiger partial charge in [0.15, 0.2) is 0 Å². The van der Waals surface area contributed by atoms with Gasteiger partial charge in [-0.05, 0) is 54.2 Å². The molecule has 0 spiro atoms. The standard InChI is InChI=1S/C30H35N5O2/c1-19(2)16-23-9-7-11-25-26(23)27(22-14-12-21(18-31)13-15-22)33-28(29(36)34(25)4)35(5)30(37)32-24-10-6-8-20(3)17-24/h6-15,17,19,28H,16,18,31H2,1-5H3,(H,32,37)/t28-/m1/s1. The van der Waals surface area contributed by atoms with Crippen molar-refractivity contribution < 1.29 is 9.59 Å². The molecule has 0 unspecified atom stereocenters. The van der Waals surface area contributed by atoms with E-state index >= 15 is 0 Å². The smallest absolute Gasteiger partial charge is 0.323 e. The molecule has 0 bridgehead atoms. The average molecular weight is 498 g/mol. The highest BCUT2D eigenvalue weighted by Gasteiger charge is 2.35. The molecule has 1 atom stereocenters. The lowest BCUT2D eigenvalue weighted by Crippen LogP contribution is -2.48. The van der Waals surface area contributed by atoms with Gasteiger partial charge >= 0.3 is 6.03 Å². The van der Waals surface area contributed by atoms with Crippen LogP contribution in [0.15, 0.2) is 71.7 Å². The molecule has 1 aliphatic rings. The van der Waals surface area contributed by atoms with Gasteiger partial charge in [0.2, 0.25) is 6.17 Å². The van der Waals surface area contributed by atoms with Crippen LogP contribution in [-0.2, 0) is 17.8 Å². The Kier molecular flexibility index (Phi) is 7.74. The van der Waals surface area contributed by atoms with Crippen molar-refractivity contribution in [2.75, 3.05) is 24.3 Å². The number of benzene rings is 3. The van der Waals surface area contributed by atoms with Crippen LogP contribution in [0.1, 0.15) is 41.7 Å². The summed E-state index contributed by atoms with van der Waals surface area (Å²) >= 11 is 0. The lowest BCUT2D eigenvalue weighted by molar-refractivity contribution is -0.121. The second kappa shape index (κ2) is 11.0. The molecule has 3 N–H and O–H groups in total. The van der Waals surface area contributed by atoms with Crippen molar-refractivity contribution in [2.45, 2.75) is 39.9 Å². The average Bonchev–Trinajstić information content (AvgIpc) is 2.99. The molecule has 0 fully saturated rings. The van der Waals surface area contributed by atoms with Gasteiger partial charge in [-0.3, -0.25) is 9.69 Å². The van der Waals surface area contributed by atoms with Crippen LogP contribution in [-0.4, -0.2) is 42.8 Å². The molecule has 0 aliphatic carbocycles. The van der Waals surface area contributed by atoms with E-state index < -0.39 is 12.2 Å². The summed E-state index contributed by atoms with van der Waals surface area (Å²) < 4.78 is 0. The molecule has 1 heterocycles. The first-order valence-electron chi connectivity index (χ1n) is 12.6. The first-order chi connectivity index (χ1) is 17.7. The Morgan fingerprint density at radius 1 is 1.11 bits per heavy atom. The second-order valence-corrected chi connectivity index (χ2v) is 9.97. The Morgan fingerprint density at radius 3 is 2.46 bits per heavy atom. The summed E-state index contributed by atoms with van der Waals surface area (Å²) in [7, 11) is 3.35. The van der Waals surface area contributed by atoms with E-state index in [0.717, 1.165) is 39.9 Å². The highest BCUT2D eigenvalue weighted by Crippen LogP contribution is 2.32. The number of fused-ring (bicyclic) bond motifs is 1. The topological polar surface area (TPSA) is 91.0 Å². The summed E-state index contributed by atoms with van der Waals surface area (Å²) in [6, 6.07) is 21.1. The number of hydrogen-bond acceptors (Lipinski definition) is 4. The number of amides is 3. The van der Waals surface area contributed by atoms with Crippen LogP contribution in [0.2, 0.25) is 0 Å². The van der Waals surface area contributed by atoms with Gasteiger partial charge in [0, 0.05) is 37.5 Å². The van der Waals surface area contributed by atoms with Gasteiger partial charge in [-0.1, -0.05) is 62.4 Å².